The van der Waals surface area contributed by atoms with E-state index in [4.69, 9.17) is 14.8 Å². The standard InChI is InChI=1S/C19H18N2O4S2/c20-19-18(16-7-3-14(4-8-16)12-27(24)25)9-17(10-21-19)15-5-1-13(2-6-15)11-26(22)23/h1-10H,11-12H2,(H2,20,21)(H,22,23)(H,24,25). The molecule has 0 aliphatic carbocycles. The first-order valence-corrected chi connectivity index (χ1v) is 10.6. The molecule has 1 heterocycles. The Hall–Kier alpha value is -2.39. The van der Waals surface area contributed by atoms with E-state index in [2.05, 4.69) is 4.98 Å². The molecular weight excluding hydrogens is 384 g/mol. The van der Waals surface area contributed by atoms with E-state index in [9.17, 15) is 8.42 Å². The van der Waals surface area contributed by atoms with Gasteiger partial charge in [-0.1, -0.05) is 48.5 Å². The van der Waals surface area contributed by atoms with Crippen molar-refractivity contribution >= 4 is 28.0 Å². The molecule has 3 rings (SSSR count). The molecule has 0 radical (unpaired) electrons. The molecule has 0 spiro atoms. The van der Waals surface area contributed by atoms with Gasteiger partial charge < -0.3 is 14.8 Å². The van der Waals surface area contributed by atoms with Crippen molar-refractivity contribution in [1.82, 2.24) is 4.98 Å². The molecule has 6 nitrogen and oxygen atoms in total. The van der Waals surface area contributed by atoms with Crippen LogP contribution in [0.5, 0.6) is 0 Å². The SMILES string of the molecule is Nc1ncc(-c2ccc(CS(=O)O)cc2)cc1-c1ccc(CS(=O)O)cc1. The number of nitrogens with two attached hydrogens (primary N) is 1. The van der Waals surface area contributed by atoms with Crippen molar-refractivity contribution in [3.8, 4) is 22.3 Å². The second kappa shape index (κ2) is 8.53. The van der Waals surface area contributed by atoms with Gasteiger partial charge in [0.1, 0.15) is 5.82 Å². The largest absolute Gasteiger partial charge is 0.383 e. The van der Waals surface area contributed by atoms with Crippen LogP contribution in [0.3, 0.4) is 0 Å². The van der Waals surface area contributed by atoms with Crippen LogP contribution in [0.1, 0.15) is 11.1 Å². The van der Waals surface area contributed by atoms with E-state index in [1.165, 1.54) is 0 Å². The first-order chi connectivity index (χ1) is 12.9. The molecule has 0 saturated carbocycles. The summed E-state index contributed by atoms with van der Waals surface area (Å²) in [7, 11) is 0. The Morgan fingerprint density at radius 3 is 1.74 bits per heavy atom. The van der Waals surface area contributed by atoms with Crippen molar-refractivity contribution in [2.75, 3.05) is 5.73 Å². The van der Waals surface area contributed by atoms with Crippen LogP contribution in [-0.4, -0.2) is 22.5 Å². The molecule has 8 heteroatoms. The van der Waals surface area contributed by atoms with Crippen molar-refractivity contribution < 1.29 is 17.5 Å². The highest BCUT2D eigenvalue weighted by Gasteiger charge is 2.08. The van der Waals surface area contributed by atoms with Gasteiger partial charge in [0.25, 0.3) is 0 Å². The van der Waals surface area contributed by atoms with Crippen molar-refractivity contribution in [2.45, 2.75) is 11.5 Å². The Morgan fingerprint density at radius 1 is 0.778 bits per heavy atom. The van der Waals surface area contributed by atoms with E-state index < -0.39 is 22.2 Å². The van der Waals surface area contributed by atoms with Gasteiger partial charge >= 0.3 is 0 Å². The van der Waals surface area contributed by atoms with Gasteiger partial charge in [-0.25, -0.2) is 13.4 Å². The summed E-state index contributed by atoms with van der Waals surface area (Å²) < 4.78 is 39.8. The summed E-state index contributed by atoms with van der Waals surface area (Å²) in [4.78, 5) is 4.27. The van der Waals surface area contributed by atoms with Crippen LogP contribution in [0.4, 0.5) is 5.82 Å². The number of nitrogens with zero attached hydrogens (tertiary/aromatic N) is 1. The van der Waals surface area contributed by atoms with Gasteiger partial charge in [0.05, 0.1) is 11.5 Å². The molecule has 0 aliphatic rings. The zero-order chi connectivity index (χ0) is 19.4. The monoisotopic (exact) mass is 402 g/mol. The van der Waals surface area contributed by atoms with E-state index in [1.54, 1.807) is 18.3 Å². The zero-order valence-electron chi connectivity index (χ0n) is 14.2. The summed E-state index contributed by atoms with van der Waals surface area (Å²) in [5.41, 5.74) is 11.0. The number of benzene rings is 2. The first-order valence-electron chi connectivity index (χ1n) is 8.01. The average Bonchev–Trinajstić information content (AvgIpc) is 2.63. The van der Waals surface area contributed by atoms with E-state index in [0.29, 0.717) is 5.82 Å². The highest BCUT2D eigenvalue weighted by atomic mass is 32.2. The van der Waals surface area contributed by atoms with Gasteiger partial charge in [-0.15, -0.1) is 0 Å². The highest BCUT2D eigenvalue weighted by molar-refractivity contribution is 7.78. The maximum Gasteiger partial charge on any atom is 0.157 e. The number of anilines is 1. The summed E-state index contributed by atoms with van der Waals surface area (Å²) >= 11 is -3.75. The lowest BCUT2D eigenvalue weighted by Crippen LogP contribution is -1.96. The smallest absolute Gasteiger partial charge is 0.157 e. The summed E-state index contributed by atoms with van der Waals surface area (Å²) in [6.45, 7) is 0. The molecule has 0 bridgehead atoms. The fraction of sp³-hybridized carbons (Fsp3) is 0.105. The van der Waals surface area contributed by atoms with Crippen LogP contribution >= 0.6 is 0 Å². The Balaban J connectivity index is 1.90. The average molecular weight is 402 g/mol. The van der Waals surface area contributed by atoms with Crippen molar-refractivity contribution in [3.63, 3.8) is 0 Å². The molecular formula is C19H18N2O4S2. The molecule has 1 aromatic heterocycles. The van der Waals surface area contributed by atoms with Gasteiger partial charge in [0.2, 0.25) is 0 Å². The molecule has 2 aromatic carbocycles. The van der Waals surface area contributed by atoms with Crippen LogP contribution < -0.4 is 5.73 Å². The lowest BCUT2D eigenvalue weighted by Gasteiger charge is -2.10. The minimum atomic E-state index is -1.88. The van der Waals surface area contributed by atoms with Gasteiger partial charge in [0.15, 0.2) is 22.2 Å². The quantitative estimate of drug-likeness (QED) is 0.544. The van der Waals surface area contributed by atoms with Gasteiger partial charge in [-0.05, 0) is 28.3 Å². The number of aromatic nitrogens is 1. The van der Waals surface area contributed by atoms with Crippen LogP contribution in [0.15, 0.2) is 60.8 Å². The number of nitrogen functional groups attached to an aromatic ring is 1. The molecule has 0 fully saturated rings. The Labute approximate surface area is 162 Å². The van der Waals surface area contributed by atoms with Crippen LogP contribution in [0, 0.1) is 0 Å². The first kappa shape index (κ1) is 19.4. The van der Waals surface area contributed by atoms with Crippen molar-refractivity contribution in [3.05, 3.63) is 71.9 Å². The molecule has 140 valence electrons. The molecule has 3 aromatic rings. The highest BCUT2D eigenvalue weighted by Crippen LogP contribution is 2.30. The molecule has 2 atom stereocenters. The Morgan fingerprint density at radius 2 is 1.26 bits per heavy atom. The summed E-state index contributed by atoms with van der Waals surface area (Å²) in [6.07, 6.45) is 1.68. The van der Waals surface area contributed by atoms with Gasteiger partial charge in [-0.3, -0.25) is 0 Å². The number of hydrogen-bond donors (Lipinski definition) is 3. The lowest BCUT2D eigenvalue weighted by molar-refractivity contribution is 0.562. The predicted octanol–water partition coefficient (Wildman–Crippen LogP) is 3.44. The van der Waals surface area contributed by atoms with Crippen molar-refractivity contribution in [2.24, 2.45) is 0 Å². The third-order valence-corrected chi connectivity index (χ3v) is 5.21. The maximum atomic E-state index is 10.9. The van der Waals surface area contributed by atoms with Gasteiger partial charge in [0, 0.05) is 17.3 Å². The fourth-order valence-electron chi connectivity index (χ4n) is 2.72. The Bertz CT molecular complexity index is 990. The summed E-state index contributed by atoms with van der Waals surface area (Å²) in [6, 6.07) is 16.6. The molecule has 4 N–H and O–H groups in total. The summed E-state index contributed by atoms with van der Waals surface area (Å²) in [5.74, 6) is 0.569. The van der Waals surface area contributed by atoms with Crippen molar-refractivity contribution in [1.29, 1.82) is 0 Å². The van der Waals surface area contributed by atoms with E-state index in [0.717, 1.165) is 33.4 Å². The van der Waals surface area contributed by atoms with Gasteiger partial charge in [-0.2, -0.15) is 0 Å². The minimum absolute atomic E-state index is 0.0824. The predicted molar refractivity (Wildman–Crippen MR) is 108 cm³/mol. The van der Waals surface area contributed by atoms with E-state index in [-0.39, 0.29) is 11.5 Å². The fourth-order valence-corrected chi connectivity index (χ4v) is 3.68. The Kier molecular flexibility index (Phi) is 6.12. The second-order valence-electron chi connectivity index (χ2n) is 5.98. The normalized spacial score (nSPS) is 13.3. The number of pyridine rings is 1. The lowest BCUT2D eigenvalue weighted by atomic mass is 10.00. The molecule has 0 saturated heterocycles. The van der Waals surface area contributed by atoms with Crippen LogP contribution in [0.2, 0.25) is 0 Å². The second-order valence-corrected chi connectivity index (χ2v) is 7.85. The third kappa shape index (κ3) is 5.08. The minimum Gasteiger partial charge on any atom is -0.383 e. The van der Waals surface area contributed by atoms with E-state index in [1.807, 2.05) is 42.5 Å². The summed E-state index contributed by atoms with van der Waals surface area (Å²) in [5, 5.41) is 0. The molecule has 0 amide bonds. The number of rotatable bonds is 6. The maximum absolute atomic E-state index is 10.9. The number of hydrogen-bond acceptors (Lipinski definition) is 4. The molecule has 0 aliphatic heterocycles. The molecule has 2 unspecified atom stereocenters. The topological polar surface area (TPSA) is 114 Å². The zero-order valence-corrected chi connectivity index (χ0v) is 15.9. The molecule has 27 heavy (non-hydrogen) atoms. The third-order valence-electron chi connectivity index (χ3n) is 4.05. The van der Waals surface area contributed by atoms with Crippen LogP contribution in [0.25, 0.3) is 22.3 Å². The van der Waals surface area contributed by atoms with E-state index >= 15 is 0 Å². The van der Waals surface area contributed by atoms with Crippen LogP contribution in [-0.2, 0) is 33.7 Å².